The first-order chi connectivity index (χ1) is 10.8. The Labute approximate surface area is 132 Å². The number of carboxylic acid groups (broad SMARTS) is 1. The minimum absolute atomic E-state index is 0.0253. The maximum atomic E-state index is 12.2. The van der Waals surface area contributed by atoms with Crippen molar-refractivity contribution in [2.45, 2.75) is 19.9 Å². The molecular weight excluding hydrogens is 298 g/mol. The Kier molecular flexibility index (Phi) is 4.59. The van der Waals surface area contributed by atoms with Crippen molar-refractivity contribution in [3.63, 3.8) is 0 Å². The minimum atomic E-state index is -1.19. The largest absolute Gasteiger partial charge is 0.479 e. The predicted molar refractivity (Wildman–Crippen MR) is 83.2 cm³/mol. The molecule has 1 aromatic carbocycles. The second kappa shape index (κ2) is 6.43. The molecule has 2 N–H and O–H groups in total. The molecule has 0 spiro atoms. The quantitative estimate of drug-likeness (QED) is 0.875. The molecule has 0 aliphatic carbocycles. The van der Waals surface area contributed by atoms with Gasteiger partial charge in [0.25, 0.3) is 11.5 Å². The minimum Gasteiger partial charge on any atom is -0.479 e. The number of hydrogen-bond donors (Lipinski definition) is 2. The van der Waals surface area contributed by atoms with E-state index in [2.05, 4.69) is 10.4 Å². The molecule has 1 unspecified atom stereocenters. The summed E-state index contributed by atoms with van der Waals surface area (Å²) in [4.78, 5) is 35.0. The first-order valence-electron chi connectivity index (χ1n) is 6.94. The molecule has 7 heteroatoms. The second-order valence-electron chi connectivity index (χ2n) is 5.35. The third kappa shape index (κ3) is 3.82. The predicted octanol–water partition coefficient (Wildman–Crippen LogP) is 0.953. The van der Waals surface area contributed by atoms with E-state index in [4.69, 9.17) is 0 Å². The van der Waals surface area contributed by atoms with Gasteiger partial charge in [-0.25, -0.2) is 9.48 Å². The van der Waals surface area contributed by atoms with E-state index in [9.17, 15) is 19.5 Å². The van der Waals surface area contributed by atoms with Crippen LogP contribution in [0.25, 0.3) is 0 Å². The summed E-state index contributed by atoms with van der Waals surface area (Å²) in [6.45, 7) is 3.71. The molecule has 0 saturated carbocycles. The van der Waals surface area contributed by atoms with E-state index in [0.29, 0.717) is 5.56 Å². The SMILES string of the molecule is Cc1cc(C)cc(C(NC(=O)c2ccc(=O)n(C)n2)C(=O)O)c1. The fraction of sp³-hybridized carbons (Fsp3) is 0.250. The molecule has 0 fully saturated rings. The van der Waals surface area contributed by atoms with Gasteiger partial charge in [0.05, 0.1) is 0 Å². The zero-order chi connectivity index (χ0) is 17.1. The van der Waals surface area contributed by atoms with Crippen LogP contribution >= 0.6 is 0 Å². The third-order valence-electron chi connectivity index (χ3n) is 3.29. The van der Waals surface area contributed by atoms with E-state index >= 15 is 0 Å². The van der Waals surface area contributed by atoms with Gasteiger partial charge in [-0.15, -0.1) is 0 Å². The van der Waals surface area contributed by atoms with Crippen molar-refractivity contribution >= 4 is 11.9 Å². The van der Waals surface area contributed by atoms with Crippen LogP contribution in [-0.4, -0.2) is 26.8 Å². The Morgan fingerprint density at radius 3 is 2.30 bits per heavy atom. The van der Waals surface area contributed by atoms with Gasteiger partial charge in [-0.05, 0) is 25.5 Å². The fourth-order valence-corrected chi connectivity index (χ4v) is 2.29. The highest BCUT2D eigenvalue weighted by molar-refractivity contribution is 5.95. The van der Waals surface area contributed by atoms with Crippen molar-refractivity contribution in [1.29, 1.82) is 0 Å². The number of aryl methyl sites for hydroxylation is 3. The van der Waals surface area contributed by atoms with Crippen LogP contribution in [0.2, 0.25) is 0 Å². The van der Waals surface area contributed by atoms with Crippen LogP contribution in [0, 0.1) is 13.8 Å². The summed E-state index contributed by atoms with van der Waals surface area (Å²) in [5.74, 6) is -1.83. The maximum absolute atomic E-state index is 12.2. The summed E-state index contributed by atoms with van der Waals surface area (Å²) in [6.07, 6.45) is 0. The highest BCUT2D eigenvalue weighted by Gasteiger charge is 2.24. The lowest BCUT2D eigenvalue weighted by atomic mass is 10.0. The molecule has 7 nitrogen and oxygen atoms in total. The van der Waals surface area contributed by atoms with Crippen molar-refractivity contribution in [2.75, 3.05) is 0 Å². The van der Waals surface area contributed by atoms with E-state index < -0.39 is 17.9 Å². The number of carbonyl (C=O) groups excluding carboxylic acids is 1. The standard InChI is InChI=1S/C16H17N3O4/c1-9-6-10(2)8-11(7-9)14(16(22)23)17-15(21)12-4-5-13(20)19(3)18-12/h4-8,14H,1-3H3,(H,17,21)(H,22,23). The number of aliphatic carboxylic acids is 1. The molecule has 2 rings (SSSR count). The average Bonchev–Trinajstić information content (AvgIpc) is 2.45. The van der Waals surface area contributed by atoms with Crippen LogP contribution in [0.3, 0.4) is 0 Å². The summed E-state index contributed by atoms with van der Waals surface area (Å²) in [5, 5.41) is 15.7. The van der Waals surface area contributed by atoms with Crippen LogP contribution in [0.4, 0.5) is 0 Å². The van der Waals surface area contributed by atoms with Gasteiger partial charge in [0, 0.05) is 13.1 Å². The van der Waals surface area contributed by atoms with Crippen molar-refractivity contribution in [1.82, 2.24) is 15.1 Å². The van der Waals surface area contributed by atoms with Gasteiger partial charge in [0.1, 0.15) is 5.69 Å². The highest BCUT2D eigenvalue weighted by Crippen LogP contribution is 2.18. The Hall–Kier alpha value is -2.96. The van der Waals surface area contributed by atoms with E-state index in [0.717, 1.165) is 15.8 Å². The maximum Gasteiger partial charge on any atom is 0.330 e. The Morgan fingerprint density at radius 1 is 1.17 bits per heavy atom. The number of nitrogens with zero attached hydrogens (tertiary/aromatic N) is 2. The Morgan fingerprint density at radius 2 is 1.78 bits per heavy atom. The first kappa shape index (κ1) is 16.4. The molecular formula is C16H17N3O4. The number of nitrogens with one attached hydrogen (secondary N) is 1. The number of hydrogen-bond acceptors (Lipinski definition) is 4. The Balaban J connectivity index is 2.32. The van der Waals surface area contributed by atoms with Gasteiger partial charge >= 0.3 is 5.97 Å². The van der Waals surface area contributed by atoms with Crippen LogP contribution in [0.5, 0.6) is 0 Å². The molecule has 23 heavy (non-hydrogen) atoms. The van der Waals surface area contributed by atoms with Crippen LogP contribution in [0.15, 0.2) is 35.1 Å². The monoisotopic (exact) mass is 315 g/mol. The topological polar surface area (TPSA) is 101 Å². The zero-order valence-corrected chi connectivity index (χ0v) is 13.0. The molecule has 0 bridgehead atoms. The number of aromatic nitrogens is 2. The second-order valence-corrected chi connectivity index (χ2v) is 5.35. The fourth-order valence-electron chi connectivity index (χ4n) is 2.29. The van der Waals surface area contributed by atoms with Gasteiger partial charge in [-0.3, -0.25) is 9.59 Å². The van der Waals surface area contributed by atoms with Crippen molar-refractivity contribution < 1.29 is 14.7 Å². The van der Waals surface area contributed by atoms with Crippen LogP contribution in [-0.2, 0) is 11.8 Å². The van der Waals surface area contributed by atoms with Gasteiger partial charge in [-0.1, -0.05) is 29.3 Å². The number of amides is 1. The highest BCUT2D eigenvalue weighted by atomic mass is 16.4. The van der Waals surface area contributed by atoms with E-state index in [-0.39, 0.29) is 11.3 Å². The third-order valence-corrected chi connectivity index (χ3v) is 3.29. The smallest absolute Gasteiger partial charge is 0.330 e. The summed E-state index contributed by atoms with van der Waals surface area (Å²) < 4.78 is 1.02. The van der Waals surface area contributed by atoms with E-state index in [1.165, 1.54) is 19.2 Å². The van der Waals surface area contributed by atoms with Gasteiger partial charge < -0.3 is 10.4 Å². The number of benzene rings is 1. The van der Waals surface area contributed by atoms with E-state index in [1.54, 1.807) is 12.1 Å². The molecule has 1 heterocycles. The van der Waals surface area contributed by atoms with Crippen molar-refractivity contribution in [2.24, 2.45) is 7.05 Å². The first-order valence-corrected chi connectivity index (χ1v) is 6.94. The molecule has 0 saturated heterocycles. The summed E-state index contributed by atoms with van der Waals surface area (Å²) in [6, 6.07) is 6.60. The van der Waals surface area contributed by atoms with Gasteiger partial charge in [0.15, 0.2) is 6.04 Å². The molecule has 0 aliphatic rings. The van der Waals surface area contributed by atoms with Crippen LogP contribution < -0.4 is 10.9 Å². The lowest BCUT2D eigenvalue weighted by Crippen LogP contribution is -2.35. The molecule has 1 atom stereocenters. The number of rotatable bonds is 4. The molecule has 120 valence electrons. The molecule has 1 aromatic heterocycles. The molecule has 2 aromatic rings. The normalized spacial score (nSPS) is 11.8. The van der Waals surface area contributed by atoms with Gasteiger partial charge in [0.2, 0.25) is 0 Å². The van der Waals surface area contributed by atoms with Crippen molar-refractivity contribution in [3.05, 3.63) is 63.1 Å². The average molecular weight is 315 g/mol. The molecule has 0 aliphatic heterocycles. The van der Waals surface area contributed by atoms with Gasteiger partial charge in [-0.2, -0.15) is 5.10 Å². The zero-order valence-electron chi connectivity index (χ0n) is 13.0. The Bertz CT molecular complexity index is 806. The summed E-state index contributed by atoms with van der Waals surface area (Å²) >= 11 is 0. The summed E-state index contributed by atoms with van der Waals surface area (Å²) in [7, 11) is 1.41. The molecule has 1 amide bonds. The van der Waals surface area contributed by atoms with Crippen molar-refractivity contribution in [3.8, 4) is 0 Å². The van der Waals surface area contributed by atoms with E-state index in [1.807, 2.05) is 19.9 Å². The number of carbonyl (C=O) groups is 2. The lowest BCUT2D eigenvalue weighted by molar-refractivity contribution is -0.139. The molecule has 0 radical (unpaired) electrons. The summed E-state index contributed by atoms with van der Waals surface area (Å²) in [5.41, 5.74) is 1.91. The number of carboxylic acids is 1. The van der Waals surface area contributed by atoms with Crippen LogP contribution in [0.1, 0.15) is 33.2 Å². The lowest BCUT2D eigenvalue weighted by Gasteiger charge is -2.16.